The van der Waals surface area contributed by atoms with Crippen molar-refractivity contribution in [3.05, 3.63) is 0 Å². The summed E-state index contributed by atoms with van der Waals surface area (Å²) in [5, 5.41) is 0. The summed E-state index contributed by atoms with van der Waals surface area (Å²) in [6.07, 6.45) is 1.86. The molecule has 0 aliphatic carbocycles. The Hall–Kier alpha value is -1.14. The zero-order chi connectivity index (χ0) is 11.3. The van der Waals surface area contributed by atoms with Crippen LogP contribution in [-0.2, 0) is 14.3 Å². The lowest BCUT2D eigenvalue weighted by molar-refractivity contribution is -0.145. The van der Waals surface area contributed by atoms with Gasteiger partial charge in [0, 0.05) is 26.8 Å². The molecule has 1 aliphatic heterocycles. The standard InChI is InChI=1S/C9H17N3O3/c1-12(9(14)8(13)11-10)6-7-2-4-15-5-3-7/h7H,2-6,10H2,1H3,(H,11,13). The smallest absolute Gasteiger partial charge is 0.323 e. The van der Waals surface area contributed by atoms with Gasteiger partial charge < -0.3 is 9.64 Å². The van der Waals surface area contributed by atoms with E-state index in [0.29, 0.717) is 12.5 Å². The van der Waals surface area contributed by atoms with Crippen LogP contribution in [0.3, 0.4) is 0 Å². The minimum absolute atomic E-state index is 0.415. The van der Waals surface area contributed by atoms with Gasteiger partial charge in [0.15, 0.2) is 0 Å². The Morgan fingerprint density at radius 1 is 1.47 bits per heavy atom. The molecule has 0 unspecified atom stereocenters. The third-order valence-electron chi connectivity index (χ3n) is 2.54. The third-order valence-corrected chi connectivity index (χ3v) is 2.54. The Balaban J connectivity index is 2.36. The molecule has 0 atom stereocenters. The third kappa shape index (κ3) is 3.49. The molecular formula is C9H17N3O3. The number of carbonyl (C=O) groups is 2. The molecule has 1 rings (SSSR count). The molecule has 6 heteroatoms. The predicted octanol–water partition coefficient (Wildman–Crippen LogP) is -1.14. The fourth-order valence-electron chi connectivity index (χ4n) is 1.63. The highest BCUT2D eigenvalue weighted by Crippen LogP contribution is 2.15. The van der Waals surface area contributed by atoms with Crippen LogP contribution in [0.1, 0.15) is 12.8 Å². The van der Waals surface area contributed by atoms with E-state index >= 15 is 0 Å². The number of nitrogens with one attached hydrogen (secondary N) is 1. The van der Waals surface area contributed by atoms with E-state index in [1.165, 1.54) is 4.90 Å². The van der Waals surface area contributed by atoms with Gasteiger partial charge in [0.25, 0.3) is 0 Å². The predicted molar refractivity (Wildman–Crippen MR) is 53.5 cm³/mol. The number of hydrogen-bond acceptors (Lipinski definition) is 4. The van der Waals surface area contributed by atoms with Crippen molar-refractivity contribution in [1.29, 1.82) is 0 Å². The summed E-state index contributed by atoms with van der Waals surface area (Å²) >= 11 is 0. The molecule has 1 fully saturated rings. The number of likely N-dealkylation sites (N-methyl/N-ethyl adjacent to an activating group) is 1. The summed E-state index contributed by atoms with van der Waals surface area (Å²) in [6.45, 7) is 2.04. The van der Waals surface area contributed by atoms with Crippen LogP contribution in [-0.4, -0.2) is 43.5 Å². The van der Waals surface area contributed by atoms with Gasteiger partial charge in [-0.1, -0.05) is 0 Å². The van der Waals surface area contributed by atoms with E-state index in [1.54, 1.807) is 7.05 Å². The first-order valence-corrected chi connectivity index (χ1v) is 4.99. The SMILES string of the molecule is CN(CC1CCOCC1)C(=O)C(=O)NN. The molecule has 0 bridgehead atoms. The molecule has 0 aromatic carbocycles. The molecule has 0 radical (unpaired) electrons. The van der Waals surface area contributed by atoms with Crippen molar-refractivity contribution in [1.82, 2.24) is 10.3 Å². The van der Waals surface area contributed by atoms with Gasteiger partial charge in [-0.3, -0.25) is 15.0 Å². The van der Waals surface area contributed by atoms with E-state index in [2.05, 4.69) is 0 Å². The van der Waals surface area contributed by atoms with Gasteiger partial charge in [-0.05, 0) is 18.8 Å². The van der Waals surface area contributed by atoms with Crippen molar-refractivity contribution in [2.75, 3.05) is 26.8 Å². The Labute approximate surface area is 88.7 Å². The number of carbonyl (C=O) groups excluding carboxylic acids is 2. The Kier molecular flexibility index (Phi) is 4.51. The first-order chi connectivity index (χ1) is 7.15. The minimum Gasteiger partial charge on any atom is -0.381 e. The maximum atomic E-state index is 11.4. The molecular weight excluding hydrogens is 198 g/mol. The Morgan fingerprint density at radius 3 is 2.60 bits per heavy atom. The summed E-state index contributed by atoms with van der Waals surface area (Å²) in [6, 6.07) is 0. The van der Waals surface area contributed by atoms with Crippen molar-refractivity contribution >= 4 is 11.8 Å². The highest BCUT2D eigenvalue weighted by molar-refractivity contribution is 6.34. The van der Waals surface area contributed by atoms with Crippen LogP contribution >= 0.6 is 0 Å². The zero-order valence-electron chi connectivity index (χ0n) is 8.86. The van der Waals surface area contributed by atoms with Crippen molar-refractivity contribution in [2.45, 2.75) is 12.8 Å². The molecule has 3 N–H and O–H groups in total. The largest absolute Gasteiger partial charge is 0.381 e. The molecule has 1 heterocycles. The molecule has 0 aromatic heterocycles. The number of hydrazine groups is 1. The van der Waals surface area contributed by atoms with Gasteiger partial charge in [0.1, 0.15) is 0 Å². The first kappa shape index (κ1) is 11.9. The van der Waals surface area contributed by atoms with Crippen LogP contribution in [0, 0.1) is 5.92 Å². The monoisotopic (exact) mass is 215 g/mol. The van der Waals surface area contributed by atoms with Gasteiger partial charge in [-0.15, -0.1) is 0 Å². The second-order valence-electron chi connectivity index (χ2n) is 3.71. The molecule has 0 aromatic rings. The van der Waals surface area contributed by atoms with Crippen LogP contribution in [0.15, 0.2) is 0 Å². The number of hydrogen-bond donors (Lipinski definition) is 2. The highest BCUT2D eigenvalue weighted by atomic mass is 16.5. The maximum absolute atomic E-state index is 11.4. The summed E-state index contributed by atoms with van der Waals surface area (Å²) < 4.78 is 5.21. The van der Waals surface area contributed by atoms with Gasteiger partial charge in [-0.2, -0.15) is 0 Å². The summed E-state index contributed by atoms with van der Waals surface area (Å²) in [4.78, 5) is 23.7. The quantitative estimate of drug-likeness (QED) is 0.264. The number of nitrogens with two attached hydrogens (primary N) is 1. The fraction of sp³-hybridized carbons (Fsp3) is 0.778. The molecule has 0 saturated carbocycles. The Morgan fingerprint density at radius 2 is 2.07 bits per heavy atom. The summed E-state index contributed by atoms with van der Waals surface area (Å²) in [5.74, 6) is 3.92. The first-order valence-electron chi connectivity index (χ1n) is 4.99. The van der Waals surface area contributed by atoms with E-state index in [4.69, 9.17) is 10.6 Å². The summed E-state index contributed by atoms with van der Waals surface area (Å²) in [7, 11) is 1.60. The zero-order valence-corrected chi connectivity index (χ0v) is 8.86. The van der Waals surface area contributed by atoms with Crippen molar-refractivity contribution < 1.29 is 14.3 Å². The van der Waals surface area contributed by atoms with Gasteiger partial charge >= 0.3 is 11.8 Å². The molecule has 0 spiro atoms. The Bertz CT molecular complexity index is 239. The second-order valence-corrected chi connectivity index (χ2v) is 3.71. The van der Waals surface area contributed by atoms with E-state index in [0.717, 1.165) is 26.1 Å². The van der Waals surface area contributed by atoms with Crippen LogP contribution < -0.4 is 11.3 Å². The summed E-state index contributed by atoms with van der Waals surface area (Å²) in [5.41, 5.74) is 1.83. The molecule has 6 nitrogen and oxygen atoms in total. The molecule has 1 aliphatic rings. The lowest BCUT2D eigenvalue weighted by Gasteiger charge is -2.26. The van der Waals surface area contributed by atoms with Crippen LogP contribution in [0.2, 0.25) is 0 Å². The number of nitrogens with zero attached hydrogens (tertiary/aromatic N) is 1. The fourth-order valence-corrected chi connectivity index (χ4v) is 1.63. The number of amides is 2. The second kappa shape index (κ2) is 5.67. The molecule has 86 valence electrons. The number of rotatable bonds is 2. The van der Waals surface area contributed by atoms with Crippen molar-refractivity contribution in [3.63, 3.8) is 0 Å². The van der Waals surface area contributed by atoms with Crippen molar-refractivity contribution in [3.8, 4) is 0 Å². The van der Waals surface area contributed by atoms with Gasteiger partial charge in [0.05, 0.1) is 0 Å². The van der Waals surface area contributed by atoms with Gasteiger partial charge in [-0.25, -0.2) is 5.84 Å². The highest BCUT2D eigenvalue weighted by Gasteiger charge is 2.22. The average Bonchev–Trinajstić information content (AvgIpc) is 2.28. The maximum Gasteiger partial charge on any atom is 0.323 e. The topological polar surface area (TPSA) is 84.7 Å². The van der Waals surface area contributed by atoms with Crippen LogP contribution in [0.5, 0.6) is 0 Å². The van der Waals surface area contributed by atoms with Crippen molar-refractivity contribution in [2.24, 2.45) is 11.8 Å². The molecule has 15 heavy (non-hydrogen) atoms. The minimum atomic E-state index is -0.774. The van der Waals surface area contributed by atoms with Crippen LogP contribution in [0.4, 0.5) is 0 Å². The lowest BCUT2D eigenvalue weighted by Crippen LogP contribution is -2.45. The van der Waals surface area contributed by atoms with E-state index in [-0.39, 0.29) is 0 Å². The molecule has 1 saturated heterocycles. The molecule has 2 amide bonds. The van der Waals surface area contributed by atoms with E-state index in [9.17, 15) is 9.59 Å². The average molecular weight is 215 g/mol. The van der Waals surface area contributed by atoms with Crippen LogP contribution in [0.25, 0.3) is 0 Å². The lowest BCUT2D eigenvalue weighted by atomic mass is 10.00. The van der Waals surface area contributed by atoms with E-state index < -0.39 is 11.8 Å². The van der Waals surface area contributed by atoms with E-state index in [1.807, 2.05) is 5.43 Å². The van der Waals surface area contributed by atoms with Gasteiger partial charge in [0.2, 0.25) is 0 Å². The normalized spacial score (nSPS) is 17.2. The number of ether oxygens (including phenoxy) is 1.